The zero-order chi connectivity index (χ0) is 20.2. The Bertz CT molecular complexity index is 1000. The summed E-state index contributed by atoms with van der Waals surface area (Å²) in [6.07, 6.45) is 4.53. The van der Waals surface area contributed by atoms with Crippen LogP contribution in [0.15, 0.2) is 54.7 Å². The van der Waals surface area contributed by atoms with Crippen molar-refractivity contribution in [3.63, 3.8) is 0 Å². The van der Waals surface area contributed by atoms with Crippen LogP contribution in [0.4, 0.5) is 0 Å². The standard InChI is InChI=1S/C23H26N4O2/c1-17-11-15-26(16-12-17)23(29)20-19-9-5-6-14-27(19)21(25-20)22(28)24-13-10-18-7-3-2-4-8-18/h2-9,14,17H,10-13,15-16H2,1H3,(H,24,28). The number of likely N-dealkylation sites (tertiary alicyclic amines) is 1. The van der Waals surface area contributed by atoms with Gasteiger partial charge in [-0.1, -0.05) is 43.3 Å². The topological polar surface area (TPSA) is 66.7 Å². The number of carbonyl (C=O) groups excluding carboxylic acids is 2. The molecule has 6 nitrogen and oxygen atoms in total. The van der Waals surface area contributed by atoms with Gasteiger partial charge in [0.05, 0.1) is 5.52 Å². The number of imidazole rings is 1. The van der Waals surface area contributed by atoms with E-state index < -0.39 is 0 Å². The number of aromatic nitrogens is 2. The Hall–Kier alpha value is -3.15. The van der Waals surface area contributed by atoms with Crippen LogP contribution in [0.1, 0.15) is 46.4 Å². The molecule has 2 amide bonds. The molecule has 1 aromatic carbocycles. The van der Waals surface area contributed by atoms with Gasteiger partial charge in [-0.2, -0.15) is 0 Å². The number of pyridine rings is 1. The zero-order valence-corrected chi connectivity index (χ0v) is 16.7. The number of hydrogen-bond acceptors (Lipinski definition) is 3. The van der Waals surface area contributed by atoms with Gasteiger partial charge in [0, 0.05) is 25.8 Å². The number of rotatable bonds is 5. The average molecular weight is 390 g/mol. The summed E-state index contributed by atoms with van der Waals surface area (Å²) in [6, 6.07) is 15.6. The maximum atomic E-state index is 13.1. The fourth-order valence-electron chi connectivity index (χ4n) is 3.76. The Morgan fingerprint density at radius 3 is 2.55 bits per heavy atom. The number of hydrogen-bond donors (Lipinski definition) is 1. The number of nitrogens with zero attached hydrogens (tertiary/aromatic N) is 3. The first kappa shape index (κ1) is 19.2. The quantitative estimate of drug-likeness (QED) is 0.728. The van der Waals surface area contributed by atoms with Crippen LogP contribution in [-0.4, -0.2) is 45.7 Å². The Morgan fingerprint density at radius 1 is 1.07 bits per heavy atom. The maximum Gasteiger partial charge on any atom is 0.287 e. The Labute approximate surface area is 170 Å². The van der Waals surface area contributed by atoms with Crippen LogP contribution in [0.5, 0.6) is 0 Å². The molecule has 3 heterocycles. The van der Waals surface area contributed by atoms with E-state index in [-0.39, 0.29) is 17.6 Å². The van der Waals surface area contributed by atoms with E-state index in [1.165, 1.54) is 0 Å². The fourth-order valence-corrected chi connectivity index (χ4v) is 3.76. The van der Waals surface area contributed by atoms with Crippen molar-refractivity contribution in [1.82, 2.24) is 19.6 Å². The summed E-state index contributed by atoms with van der Waals surface area (Å²) < 4.78 is 1.71. The number of benzene rings is 1. The second kappa shape index (κ2) is 8.47. The molecule has 2 aromatic heterocycles. The predicted octanol–water partition coefficient (Wildman–Crippen LogP) is 3.18. The molecule has 1 N–H and O–H groups in total. The summed E-state index contributed by atoms with van der Waals surface area (Å²) in [5, 5.41) is 2.93. The van der Waals surface area contributed by atoms with Crippen molar-refractivity contribution in [2.45, 2.75) is 26.2 Å². The highest BCUT2D eigenvalue weighted by atomic mass is 16.2. The summed E-state index contributed by atoms with van der Waals surface area (Å²) in [7, 11) is 0. The molecule has 1 aliphatic heterocycles. The second-order valence-electron chi connectivity index (χ2n) is 7.71. The van der Waals surface area contributed by atoms with Crippen molar-refractivity contribution in [2.75, 3.05) is 19.6 Å². The van der Waals surface area contributed by atoms with Gasteiger partial charge < -0.3 is 10.2 Å². The lowest BCUT2D eigenvalue weighted by atomic mass is 9.99. The van der Waals surface area contributed by atoms with E-state index >= 15 is 0 Å². The largest absolute Gasteiger partial charge is 0.349 e. The normalized spacial score (nSPS) is 14.9. The minimum atomic E-state index is -0.270. The van der Waals surface area contributed by atoms with Crippen LogP contribution in [-0.2, 0) is 6.42 Å². The van der Waals surface area contributed by atoms with E-state index in [1.807, 2.05) is 53.4 Å². The van der Waals surface area contributed by atoms with E-state index in [9.17, 15) is 9.59 Å². The molecule has 3 aromatic rings. The molecule has 150 valence electrons. The summed E-state index contributed by atoms with van der Waals surface area (Å²) in [6.45, 7) is 4.21. The van der Waals surface area contributed by atoms with E-state index in [1.54, 1.807) is 10.6 Å². The molecule has 0 saturated carbocycles. The van der Waals surface area contributed by atoms with E-state index in [4.69, 9.17) is 0 Å². The lowest BCUT2D eigenvalue weighted by Crippen LogP contribution is -2.38. The van der Waals surface area contributed by atoms with E-state index in [2.05, 4.69) is 17.2 Å². The van der Waals surface area contributed by atoms with Crippen LogP contribution in [0.2, 0.25) is 0 Å². The van der Waals surface area contributed by atoms with Crippen molar-refractivity contribution < 1.29 is 9.59 Å². The monoisotopic (exact) mass is 390 g/mol. The molecule has 0 spiro atoms. The Kier molecular flexibility index (Phi) is 5.60. The van der Waals surface area contributed by atoms with Crippen molar-refractivity contribution in [3.05, 3.63) is 71.8 Å². The Morgan fingerprint density at radius 2 is 1.79 bits per heavy atom. The molecule has 1 aliphatic rings. The van der Waals surface area contributed by atoms with Crippen molar-refractivity contribution in [2.24, 2.45) is 5.92 Å². The van der Waals surface area contributed by atoms with Gasteiger partial charge in [-0.3, -0.25) is 14.0 Å². The summed E-state index contributed by atoms with van der Waals surface area (Å²) in [5.41, 5.74) is 2.19. The molecule has 0 bridgehead atoms. The van der Waals surface area contributed by atoms with Crippen LogP contribution in [0, 0.1) is 5.92 Å². The molecule has 29 heavy (non-hydrogen) atoms. The van der Waals surface area contributed by atoms with Crippen LogP contribution >= 0.6 is 0 Å². The third kappa shape index (κ3) is 4.16. The van der Waals surface area contributed by atoms with Gasteiger partial charge in [-0.25, -0.2) is 4.98 Å². The highest BCUT2D eigenvalue weighted by Gasteiger charge is 2.27. The average Bonchev–Trinajstić information content (AvgIpc) is 3.14. The number of amides is 2. The molecular weight excluding hydrogens is 364 g/mol. The Balaban J connectivity index is 1.52. The van der Waals surface area contributed by atoms with Gasteiger partial charge in [-0.05, 0) is 42.9 Å². The molecule has 0 unspecified atom stereocenters. The van der Waals surface area contributed by atoms with Crippen LogP contribution < -0.4 is 5.32 Å². The number of carbonyl (C=O) groups is 2. The molecule has 0 aliphatic carbocycles. The smallest absolute Gasteiger partial charge is 0.287 e. The molecular formula is C23H26N4O2. The summed E-state index contributed by atoms with van der Waals surface area (Å²) in [5.74, 6) is 0.531. The SMILES string of the molecule is CC1CCN(C(=O)c2nc(C(=O)NCCc3ccccc3)n3ccccc23)CC1. The minimum Gasteiger partial charge on any atom is -0.349 e. The van der Waals surface area contributed by atoms with Gasteiger partial charge in [0.25, 0.3) is 11.8 Å². The van der Waals surface area contributed by atoms with Crippen LogP contribution in [0.25, 0.3) is 5.52 Å². The predicted molar refractivity (Wildman–Crippen MR) is 112 cm³/mol. The highest BCUT2D eigenvalue weighted by molar-refractivity contribution is 6.02. The first-order valence-corrected chi connectivity index (χ1v) is 10.2. The first-order chi connectivity index (χ1) is 14.1. The summed E-state index contributed by atoms with van der Waals surface area (Å²) >= 11 is 0. The lowest BCUT2D eigenvalue weighted by Gasteiger charge is -2.29. The second-order valence-corrected chi connectivity index (χ2v) is 7.71. The third-order valence-electron chi connectivity index (χ3n) is 5.57. The molecule has 1 fully saturated rings. The third-order valence-corrected chi connectivity index (χ3v) is 5.57. The maximum absolute atomic E-state index is 13.1. The van der Waals surface area contributed by atoms with Gasteiger partial charge in [0.2, 0.25) is 5.82 Å². The molecule has 0 radical (unpaired) electrons. The number of nitrogens with one attached hydrogen (secondary N) is 1. The lowest BCUT2D eigenvalue weighted by molar-refractivity contribution is 0.0694. The van der Waals surface area contributed by atoms with E-state index in [0.717, 1.165) is 37.9 Å². The summed E-state index contributed by atoms with van der Waals surface area (Å²) in [4.78, 5) is 32.2. The van der Waals surface area contributed by atoms with E-state index in [0.29, 0.717) is 23.7 Å². The zero-order valence-electron chi connectivity index (χ0n) is 16.7. The van der Waals surface area contributed by atoms with Gasteiger partial charge in [0.15, 0.2) is 5.69 Å². The number of fused-ring (bicyclic) bond motifs is 1. The van der Waals surface area contributed by atoms with Gasteiger partial charge in [-0.15, -0.1) is 0 Å². The van der Waals surface area contributed by atoms with Crippen molar-refractivity contribution in [1.29, 1.82) is 0 Å². The molecule has 0 atom stereocenters. The van der Waals surface area contributed by atoms with Gasteiger partial charge in [0.1, 0.15) is 0 Å². The molecule has 6 heteroatoms. The molecule has 1 saturated heterocycles. The van der Waals surface area contributed by atoms with Gasteiger partial charge >= 0.3 is 0 Å². The fraction of sp³-hybridized carbons (Fsp3) is 0.348. The first-order valence-electron chi connectivity index (χ1n) is 10.2. The van der Waals surface area contributed by atoms with Crippen molar-refractivity contribution >= 4 is 17.3 Å². The van der Waals surface area contributed by atoms with Crippen LogP contribution in [0.3, 0.4) is 0 Å². The highest BCUT2D eigenvalue weighted by Crippen LogP contribution is 2.21. The number of piperidine rings is 1. The minimum absolute atomic E-state index is 0.0936. The van der Waals surface area contributed by atoms with Crippen molar-refractivity contribution in [3.8, 4) is 0 Å². The molecule has 4 rings (SSSR count).